The number of rotatable bonds is 49. The van der Waals surface area contributed by atoms with Crippen LogP contribution in [0.5, 0.6) is 0 Å². The molecule has 0 rings (SSSR count). The van der Waals surface area contributed by atoms with Gasteiger partial charge < -0.3 is 14.6 Å². The van der Waals surface area contributed by atoms with Crippen molar-refractivity contribution in [3.05, 3.63) is 60.8 Å². The summed E-state index contributed by atoms with van der Waals surface area (Å²) in [5.41, 5.74) is 0. The van der Waals surface area contributed by atoms with E-state index in [1.54, 1.807) is 0 Å². The van der Waals surface area contributed by atoms with Crippen molar-refractivity contribution in [3.8, 4) is 0 Å². The fourth-order valence-corrected chi connectivity index (χ4v) is 7.71. The lowest BCUT2D eigenvalue weighted by molar-refractivity contribution is -0.154. The molecule has 1 N–H and O–H groups in total. The summed E-state index contributed by atoms with van der Waals surface area (Å²) >= 11 is 0. The highest BCUT2D eigenvalue weighted by molar-refractivity contribution is 5.69. The summed E-state index contributed by atoms with van der Waals surface area (Å²) in [6, 6.07) is 0. The van der Waals surface area contributed by atoms with Crippen LogP contribution >= 0.6 is 0 Å². The molecule has 0 heterocycles. The van der Waals surface area contributed by atoms with E-state index in [2.05, 4.69) is 74.6 Å². The Morgan fingerprint density at radius 2 is 0.750 bits per heavy atom. The van der Waals surface area contributed by atoms with Crippen LogP contribution in [-0.2, 0) is 14.3 Å². The van der Waals surface area contributed by atoms with E-state index >= 15 is 0 Å². The predicted molar refractivity (Wildman–Crippen MR) is 265 cm³/mol. The molecule has 0 aliphatic rings. The van der Waals surface area contributed by atoms with Gasteiger partial charge in [-0.25, -0.2) is 0 Å². The minimum atomic E-state index is -0.539. The van der Waals surface area contributed by atoms with Gasteiger partial charge in [-0.2, -0.15) is 0 Å². The molecule has 60 heavy (non-hydrogen) atoms. The average Bonchev–Trinajstić information content (AvgIpc) is 3.25. The molecule has 4 nitrogen and oxygen atoms in total. The number of carbonyl (C=O) groups excluding carboxylic acids is 1. The Morgan fingerprint density at radius 3 is 1.13 bits per heavy atom. The van der Waals surface area contributed by atoms with Crippen molar-refractivity contribution in [1.29, 1.82) is 0 Å². The van der Waals surface area contributed by atoms with Crippen molar-refractivity contribution < 1.29 is 19.4 Å². The normalized spacial score (nSPS) is 12.8. The molecule has 1 atom stereocenters. The van der Waals surface area contributed by atoms with Crippen molar-refractivity contribution in [2.45, 2.75) is 270 Å². The van der Waals surface area contributed by atoms with E-state index in [1.165, 1.54) is 193 Å². The van der Waals surface area contributed by atoms with E-state index in [0.29, 0.717) is 19.6 Å². The molecule has 0 amide bonds. The molecule has 0 aromatic rings. The largest absolute Gasteiger partial charge is 0.457 e. The standard InChI is InChI=1S/C56H102O4/c1-3-5-7-9-11-13-15-17-19-21-23-25-27-28-29-31-33-35-37-39-41-43-45-47-49-51-56(58)60-55(53-57)54-59-52-50-48-46-44-42-40-38-36-34-32-30-26-24-22-20-18-16-14-12-10-8-6-4-2/h5,7,11,13,17,19,23,25,28-29,55,57H,3-4,6,8-10,12,14-16,18,20-22,24,26-27,30-54H2,1-2H3/b7-5-,13-11-,19-17-,25-23-,29-28-. The van der Waals surface area contributed by atoms with E-state index < -0.39 is 6.10 Å². The summed E-state index contributed by atoms with van der Waals surface area (Å²) < 4.78 is 11.2. The molecule has 4 heteroatoms. The Hall–Kier alpha value is -1.91. The van der Waals surface area contributed by atoms with Crippen LogP contribution in [0.3, 0.4) is 0 Å². The van der Waals surface area contributed by atoms with Gasteiger partial charge >= 0.3 is 5.97 Å². The Labute approximate surface area is 375 Å². The highest BCUT2D eigenvalue weighted by Gasteiger charge is 2.13. The van der Waals surface area contributed by atoms with Crippen molar-refractivity contribution in [2.75, 3.05) is 19.8 Å². The van der Waals surface area contributed by atoms with E-state index in [9.17, 15) is 9.90 Å². The quantitative estimate of drug-likeness (QED) is 0.0377. The van der Waals surface area contributed by atoms with Crippen LogP contribution in [0.15, 0.2) is 60.8 Å². The number of carbonyl (C=O) groups is 1. The number of esters is 1. The first kappa shape index (κ1) is 58.1. The molecular weight excluding hydrogens is 737 g/mol. The molecule has 0 fully saturated rings. The Balaban J connectivity index is 3.41. The zero-order valence-corrected chi connectivity index (χ0v) is 40.2. The number of hydrogen-bond acceptors (Lipinski definition) is 4. The topological polar surface area (TPSA) is 55.8 Å². The SMILES string of the molecule is CC/C=C\C/C=C\C/C=C\C/C=C\C/C=C\CCCCCCCCCCCC(=O)OC(CO)COCCCCCCCCCCCCCCCCCCCCCCCCC. The number of aliphatic hydroxyl groups excluding tert-OH is 1. The van der Waals surface area contributed by atoms with Gasteiger partial charge in [-0.3, -0.25) is 4.79 Å². The van der Waals surface area contributed by atoms with Gasteiger partial charge in [0.15, 0.2) is 0 Å². The first-order valence-electron chi connectivity index (χ1n) is 26.4. The van der Waals surface area contributed by atoms with Crippen molar-refractivity contribution in [3.63, 3.8) is 0 Å². The summed E-state index contributed by atoms with van der Waals surface area (Å²) in [5.74, 6) is -0.204. The molecule has 0 aromatic heterocycles. The van der Waals surface area contributed by atoms with Gasteiger partial charge in [-0.05, 0) is 57.8 Å². The van der Waals surface area contributed by atoms with Crippen LogP contribution in [0, 0.1) is 0 Å². The van der Waals surface area contributed by atoms with Crippen LogP contribution in [0.25, 0.3) is 0 Å². The monoisotopic (exact) mass is 839 g/mol. The van der Waals surface area contributed by atoms with Crippen molar-refractivity contribution >= 4 is 5.97 Å². The molecule has 0 spiro atoms. The third-order valence-corrected chi connectivity index (χ3v) is 11.6. The zero-order valence-electron chi connectivity index (χ0n) is 40.2. The summed E-state index contributed by atoms with van der Waals surface area (Å²) in [5, 5.41) is 9.66. The van der Waals surface area contributed by atoms with E-state index in [0.717, 1.165) is 51.4 Å². The lowest BCUT2D eigenvalue weighted by atomic mass is 10.0. The summed E-state index contributed by atoms with van der Waals surface area (Å²) in [4.78, 5) is 12.3. The van der Waals surface area contributed by atoms with Crippen LogP contribution in [0.2, 0.25) is 0 Å². The molecular formula is C56H102O4. The highest BCUT2D eigenvalue weighted by atomic mass is 16.6. The van der Waals surface area contributed by atoms with Gasteiger partial charge in [0, 0.05) is 13.0 Å². The van der Waals surface area contributed by atoms with Crippen molar-refractivity contribution in [2.24, 2.45) is 0 Å². The third-order valence-electron chi connectivity index (χ3n) is 11.6. The molecule has 0 aromatic carbocycles. The van der Waals surface area contributed by atoms with Gasteiger partial charge in [0.2, 0.25) is 0 Å². The minimum Gasteiger partial charge on any atom is -0.457 e. The molecule has 0 saturated heterocycles. The van der Waals surface area contributed by atoms with Crippen LogP contribution in [-0.4, -0.2) is 37.0 Å². The van der Waals surface area contributed by atoms with Gasteiger partial charge in [-0.15, -0.1) is 0 Å². The second-order valence-corrected chi connectivity index (χ2v) is 17.6. The number of hydrogen-bond donors (Lipinski definition) is 1. The first-order chi connectivity index (χ1) is 29.7. The van der Waals surface area contributed by atoms with E-state index in [-0.39, 0.29) is 12.6 Å². The maximum atomic E-state index is 12.3. The predicted octanol–water partition coefficient (Wildman–Crippen LogP) is 17.9. The van der Waals surface area contributed by atoms with Gasteiger partial charge in [0.1, 0.15) is 6.10 Å². The Bertz CT molecular complexity index is 978. The maximum absolute atomic E-state index is 12.3. The second kappa shape index (κ2) is 53.2. The molecule has 0 aliphatic carbocycles. The van der Waals surface area contributed by atoms with Gasteiger partial charge in [0.05, 0.1) is 13.2 Å². The number of ether oxygens (including phenoxy) is 2. The number of unbranched alkanes of at least 4 members (excludes halogenated alkanes) is 31. The van der Waals surface area contributed by atoms with Crippen LogP contribution in [0.1, 0.15) is 264 Å². The molecule has 0 saturated carbocycles. The van der Waals surface area contributed by atoms with E-state index in [4.69, 9.17) is 9.47 Å². The highest BCUT2D eigenvalue weighted by Crippen LogP contribution is 2.16. The Kier molecular flexibility index (Phi) is 51.5. The molecule has 0 aliphatic heterocycles. The minimum absolute atomic E-state index is 0.173. The first-order valence-corrected chi connectivity index (χ1v) is 26.4. The smallest absolute Gasteiger partial charge is 0.306 e. The van der Waals surface area contributed by atoms with Gasteiger partial charge in [-0.1, -0.05) is 261 Å². The maximum Gasteiger partial charge on any atom is 0.306 e. The summed E-state index contributed by atoms with van der Waals surface area (Å²) in [7, 11) is 0. The van der Waals surface area contributed by atoms with Gasteiger partial charge in [0.25, 0.3) is 0 Å². The number of allylic oxidation sites excluding steroid dienone is 10. The average molecular weight is 839 g/mol. The lowest BCUT2D eigenvalue weighted by Gasteiger charge is -2.16. The van der Waals surface area contributed by atoms with Crippen molar-refractivity contribution in [1.82, 2.24) is 0 Å². The lowest BCUT2D eigenvalue weighted by Crippen LogP contribution is -2.27. The van der Waals surface area contributed by atoms with E-state index in [1.807, 2.05) is 0 Å². The molecule has 1 unspecified atom stereocenters. The Morgan fingerprint density at radius 1 is 0.417 bits per heavy atom. The fourth-order valence-electron chi connectivity index (χ4n) is 7.71. The fraction of sp³-hybridized carbons (Fsp3) is 0.804. The molecule has 0 radical (unpaired) electrons. The molecule has 350 valence electrons. The zero-order chi connectivity index (χ0) is 43.3. The molecule has 0 bridgehead atoms. The second-order valence-electron chi connectivity index (χ2n) is 17.6. The summed E-state index contributed by atoms with van der Waals surface area (Å²) in [6.45, 7) is 5.26. The summed E-state index contributed by atoms with van der Waals surface area (Å²) in [6.07, 6.45) is 71.8. The van der Waals surface area contributed by atoms with Crippen LogP contribution in [0.4, 0.5) is 0 Å². The van der Waals surface area contributed by atoms with Crippen LogP contribution < -0.4 is 0 Å². The third kappa shape index (κ3) is 50.4. The number of aliphatic hydroxyl groups is 1.